The molecule has 0 aromatic carbocycles. The summed E-state index contributed by atoms with van der Waals surface area (Å²) in [5.74, 6) is 0.174. The summed E-state index contributed by atoms with van der Waals surface area (Å²) in [4.78, 5) is 19.3. The summed E-state index contributed by atoms with van der Waals surface area (Å²) in [7, 11) is 0. The molecule has 1 aromatic rings. The van der Waals surface area contributed by atoms with E-state index < -0.39 is 5.97 Å². The lowest BCUT2D eigenvalue weighted by molar-refractivity contribution is -0.136. The standard InChI is InChI=1S/C14H21N3O3/c1-2-16(6-5-14(18)19)12-3-4-13(15-11-12)17-7-9-20-10-8-17/h3-4,11H,2,5-10H2,1H3,(H,18,19). The van der Waals surface area contributed by atoms with Crippen LogP contribution in [0.4, 0.5) is 11.5 Å². The number of hydrogen-bond donors (Lipinski definition) is 1. The van der Waals surface area contributed by atoms with Gasteiger partial charge in [0.2, 0.25) is 0 Å². The van der Waals surface area contributed by atoms with E-state index >= 15 is 0 Å². The molecule has 6 heteroatoms. The summed E-state index contributed by atoms with van der Waals surface area (Å²) in [6, 6.07) is 3.99. The second-order valence-electron chi connectivity index (χ2n) is 4.70. The highest BCUT2D eigenvalue weighted by atomic mass is 16.5. The zero-order valence-corrected chi connectivity index (χ0v) is 11.8. The van der Waals surface area contributed by atoms with E-state index in [1.165, 1.54) is 0 Å². The van der Waals surface area contributed by atoms with Crippen molar-refractivity contribution < 1.29 is 14.6 Å². The molecule has 0 radical (unpaired) electrons. The van der Waals surface area contributed by atoms with Gasteiger partial charge in [-0.3, -0.25) is 4.79 Å². The van der Waals surface area contributed by atoms with Crippen LogP contribution in [0.1, 0.15) is 13.3 Å². The van der Waals surface area contributed by atoms with Crippen LogP contribution in [0.25, 0.3) is 0 Å². The molecule has 0 spiro atoms. The number of pyridine rings is 1. The van der Waals surface area contributed by atoms with Gasteiger partial charge in [0.05, 0.1) is 31.5 Å². The normalized spacial score (nSPS) is 15.2. The van der Waals surface area contributed by atoms with Gasteiger partial charge in [-0.1, -0.05) is 0 Å². The van der Waals surface area contributed by atoms with Crippen molar-refractivity contribution in [3.63, 3.8) is 0 Å². The second kappa shape index (κ2) is 7.09. The Morgan fingerprint density at radius 1 is 1.45 bits per heavy atom. The number of ether oxygens (including phenoxy) is 1. The lowest BCUT2D eigenvalue weighted by atomic mass is 10.3. The van der Waals surface area contributed by atoms with Crippen LogP contribution in [-0.4, -0.2) is 55.5 Å². The monoisotopic (exact) mass is 279 g/mol. The molecule has 2 heterocycles. The van der Waals surface area contributed by atoms with Gasteiger partial charge in [0.1, 0.15) is 5.82 Å². The molecule has 20 heavy (non-hydrogen) atoms. The Morgan fingerprint density at radius 2 is 2.20 bits per heavy atom. The molecule has 0 unspecified atom stereocenters. The SMILES string of the molecule is CCN(CCC(=O)O)c1ccc(N2CCOCC2)nc1. The number of nitrogens with zero attached hydrogens (tertiary/aromatic N) is 3. The van der Waals surface area contributed by atoms with Crippen LogP contribution in [0, 0.1) is 0 Å². The Kier molecular flexibility index (Phi) is 5.17. The van der Waals surface area contributed by atoms with Crippen LogP contribution < -0.4 is 9.80 Å². The molecular formula is C14H21N3O3. The van der Waals surface area contributed by atoms with Gasteiger partial charge in [-0.05, 0) is 19.1 Å². The topological polar surface area (TPSA) is 65.9 Å². The molecule has 1 fully saturated rings. The fourth-order valence-corrected chi connectivity index (χ4v) is 2.25. The van der Waals surface area contributed by atoms with E-state index in [4.69, 9.17) is 9.84 Å². The quantitative estimate of drug-likeness (QED) is 0.844. The fraction of sp³-hybridized carbons (Fsp3) is 0.571. The molecule has 0 atom stereocenters. The Balaban J connectivity index is 2.00. The summed E-state index contributed by atoms with van der Waals surface area (Å²) in [5, 5.41) is 8.76. The highest BCUT2D eigenvalue weighted by Crippen LogP contribution is 2.18. The number of aliphatic carboxylic acids is 1. The lowest BCUT2D eigenvalue weighted by Crippen LogP contribution is -2.36. The molecule has 0 bridgehead atoms. The first-order valence-corrected chi connectivity index (χ1v) is 6.96. The molecule has 110 valence electrons. The summed E-state index contributed by atoms with van der Waals surface area (Å²) in [6.45, 7) is 6.49. The van der Waals surface area contributed by atoms with E-state index in [1.54, 1.807) is 0 Å². The summed E-state index contributed by atoms with van der Waals surface area (Å²) >= 11 is 0. The zero-order valence-electron chi connectivity index (χ0n) is 11.8. The van der Waals surface area contributed by atoms with Crippen molar-refractivity contribution >= 4 is 17.5 Å². The number of aromatic nitrogens is 1. The van der Waals surface area contributed by atoms with Gasteiger partial charge >= 0.3 is 5.97 Å². The van der Waals surface area contributed by atoms with Crippen LogP contribution in [0.3, 0.4) is 0 Å². The summed E-state index contributed by atoms with van der Waals surface area (Å²) < 4.78 is 5.32. The van der Waals surface area contributed by atoms with E-state index in [0.29, 0.717) is 6.54 Å². The molecule has 1 N–H and O–H groups in total. The Morgan fingerprint density at radius 3 is 2.75 bits per heavy atom. The van der Waals surface area contributed by atoms with Crippen LogP contribution in [0.5, 0.6) is 0 Å². The van der Waals surface area contributed by atoms with Gasteiger partial charge in [-0.2, -0.15) is 0 Å². The maximum atomic E-state index is 10.7. The third-order valence-corrected chi connectivity index (χ3v) is 3.41. The van der Waals surface area contributed by atoms with Gasteiger partial charge in [-0.25, -0.2) is 4.98 Å². The average molecular weight is 279 g/mol. The molecular weight excluding hydrogens is 258 g/mol. The number of carbonyl (C=O) groups is 1. The predicted octanol–water partition coefficient (Wildman–Crippen LogP) is 1.22. The maximum Gasteiger partial charge on any atom is 0.305 e. The van der Waals surface area contributed by atoms with E-state index in [9.17, 15) is 4.79 Å². The van der Waals surface area contributed by atoms with Crippen molar-refractivity contribution in [3.05, 3.63) is 18.3 Å². The highest BCUT2D eigenvalue weighted by Gasteiger charge is 2.13. The van der Waals surface area contributed by atoms with E-state index in [0.717, 1.165) is 44.4 Å². The first-order valence-electron chi connectivity index (χ1n) is 6.96. The minimum Gasteiger partial charge on any atom is -0.481 e. The Labute approximate surface area is 119 Å². The molecule has 6 nitrogen and oxygen atoms in total. The average Bonchev–Trinajstić information content (AvgIpc) is 2.49. The second-order valence-corrected chi connectivity index (χ2v) is 4.70. The third kappa shape index (κ3) is 3.84. The number of carboxylic acid groups (broad SMARTS) is 1. The van der Waals surface area contributed by atoms with E-state index in [1.807, 2.05) is 30.2 Å². The number of hydrogen-bond acceptors (Lipinski definition) is 5. The van der Waals surface area contributed by atoms with E-state index in [-0.39, 0.29) is 6.42 Å². The summed E-state index contributed by atoms with van der Waals surface area (Å²) in [6.07, 6.45) is 1.95. The first kappa shape index (κ1) is 14.6. The van der Waals surface area contributed by atoms with Crippen LogP contribution in [0.15, 0.2) is 18.3 Å². The number of anilines is 2. The molecule has 0 amide bonds. The van der Waals surface area contributed by atoms with Gasteiger partial charge in [0, 0.05) is 26.2 Å². The van der Waals surface area contributed by atoms with Crippen molar-refractivity contribution in [2.24, 2.45) is 0 Å². The van der Waals surface area contributed by atoms with Crippen LogP contribution >= 0.6 is 0 Å². The largest absolute Gasteiger partial charge is 0.481 e. The van der Waals surface area contributed by atoms with Gasteiger partial charge in [0.25, 0.3) is 0 Å². The molecule has 1 aliphatic heterocycles. The predicted molar refractivity (Wildman–Crippen MR) is 77.4 cm³/mol. The Hall–Kier alpha value is -1.82. The molecule has 1 aromatic heterocycles. The van der Waals surface area contributed by atoms with Crippen molar-refractivity contribution in [3.8, 4) is 0 Å². The molecule has 2 rings (SSSR count). The minimum atomic E-state index is -0.777. The summed E-state index contributed by atoms with van der Waals surface area (Å²) in [5.41, 5.74) is 0.964. The highest BCUT2D eigenvalue weighted by molar-refractivity contribution is 5.67. The number of rotatable bonds is 6. The smallest absolute Gasteiger partial charge is 0.305 e. The fourth-order valence-electron chi connectivity index (χ4n) is 2.25. The molecule has 1 aliphatic rings. The van der Waals surface area contributed by atoms with Crippen LogP contribution in [-0.2, 0) is 9.53 Å². The number of morpholine rings is 1. The molecule has 1 saturated heterocycles. The van der Waals surface area contributed by atoms with E-state index in [2.05, 4.69) is 9.88 Å². The maximum absolute atomic E-state index is 10.7. The zero-order chi connectivity index (χ0) is 14.4. The molecule has 0 aliphatic carbocycles. The third-order valence-electron chi connectivity index (χ3n) is 3.41. The van der Waals surface area contributed by atoms with Crippen molar-refractivity contribution in [1.29, 1.82) is 0 Å². The van der Waals surface area contributed by atoms with Crippen molar-refractivity contribution in [2.75, 3.05) is 49.2 Å². The van der Waals surface area contributed by atoms with Crippen molar-refractivity contribution in [1.82, 2.24) is 4.98 Å². The van der Waals surface area contributed by atoms with Crippen molar-refractivity contribution in [2.45, 2.75) is 13.3 Å². The van der Waals surface area contributed by atoms with Gasteiger partial charge in [0.15, 0.2) is 0 Å². The number of carboxylic acids is 1. The van der Waals surface area contributed by atoms with Gasteiger partial charge in [-0.15, -0.1) is 0 Å². The first-order chi connectivity index (χ1) is 9.70. The Bertz CT molecular complexity index is 430. The molecule has 0 saturated carbocycles. The lowest BCUT2D eigenvalue weighted by Gasteiger charge is -2.28. The van der Waals surface area contributed by atoms with Gasteiger partial charge < -0.3 is 19.6 Å². The minimum absolute atomic E-state index is 0.138. The van der Waals surface area contributed by atoms with Crippen LogP contribution in [0.2, 0.25) is 0 Å².